The second kappa shape index (κ2) is 12.0. The maximum absolute atomic E-state index is 11.0. The largest absolute Gasteiger partial charge is 0.379 e. The van der Waals surface area contributed by atoms with Gasteiger partial charge in [0, 0.05) is 29.2 Å². The lowest BCUT2D eigenvalue weighted by Gasteiger charge is -2.06. The molecule has 0 amide bonds. The van der Waals surface area contributed by atoms with Crippen LogP contribution in [0.2, 0.25) is 0 Å². The van der Waals surface area contributed by atoms with Crippen LogP contribution in [0.15, 0.2) is 6.20 Å². The fourth-order valence-electron chi connectivity index (χ4n) is 1.44. The molecule has 1 rings (SSSR count). The van der Waals surface area contributed by atoms with Gasteiger partial charge >= 0.3 is 0 Å². The number of unbranched alkanes of at least 4 members (excludes halogenated alkanes) is 1. The minimum Gasteiger partial charge on any atom is -0.379 e. The Hall–Kier alpha value is -0.580. The van der Waals surface area contributed by atoms with E-state index in [-0.39, 0.29) is 3.79 Å². The number of rotatable bonds is 13. The second-order valence-corrected chi connectivity index (χ2v) is 5.31. The normalized spacial score (nSPS) is 11.0. The molecule has 8 heteroatoms. The summed E-state index contributed by atoms with van der Waals surface area (Å²) in [5, 5.41) is 7.58. The molecule has 0 saturated heterocycles. The fraction of sp³-hybridized carbons (Fsp3) is 0.769. The third-order valence-corrected chi connectivity index (χ3v) is 3.14. The number of aromatic nitrogens is 3. The minimum absolute atomic E-state index is 0.116. The van der Waals surface area contributed by atoms with Gasteiger partial charge in [-0.25, -0.2) is 4.68 Å². The van der Waals surface area contributed by atoms with Gasteiger partial charge in [0.2, 0.25) is 3.79 Å². The summed E-state index contributed by atoms with van der Waals surface area (Å²) in [6.07, 6.45) is 3.85. The van der Waals surface area contributed by atoms with Crippen molar-refractivity contribution in [3.63, 3.8) is 0 Å². The topological polar surface area (TPSA) is 75.5 Å². The van der Waals surface area contributed by atoms with Crippen LogP contribution in [0.4, 0.5) is 0 Å². The molecule has 7 nitrogen and oxygen atoms in total. The van der Waals surface area contributed by atoms with Crippen LogP contribution in [0.5, 0.6) is 0 Å². The van der Waals surface area contributed by atoms with Crippen molar-refractivity contribution in [2.24, 2.45) is 0 Å². The van der Waals surface area contributed by atoms with E-state index in [0.717, 1.165) is 19.4 Å². The molecular weight excluding hydrogens is 389 g/mol. The first-order chi connectivity index (χ1) is 10.2. The van der Waals surface area contributed by atoms with Crippen LogP contribution in [0, 0.1) is 0 Å². The van der Waals surface area contributed by atoms with E-state index in [1.165, 1.54) is 0 Å². The molecule has 1 aromatic rings. The van der Waals surface area contributed by atoms with Gasteiger partial charge in [-0.2, -0.15) is 0 Å². The van der Waals surface area contributed by atoms with Gasteiger partial charge < -0.3 is 14.2 Å². The van der Waals surface area contributed by atoms with E-state index in [4.69, 9.17) is 14.2 Å². The maximum atomic E-state index is 11.0. The summed E-state index contributed by atoms with van der Waals surface area (Å²) in [5.74, 6) is 0. The zero-order valence-corrected chi connectivity index (χ0v) is 14.5. The van der Waals surface area contributed by atoms with Gasteiger partial charge in [-0.15, -0.1) is 5.10 Å². The summed E-state index contributed by atoms with van der Waals surface area (Å²) in [4.78, 5) is 11.0. The number of nitrogens with zero attached hydrogens (tertiary/aromatic N) is 3. The van der Waals surface area contributed by atoms with Crippen LogP contribution in [0.3, 0.4) is 0 Å². The second-order valence-electron chi connectivity index (χ2n) is 4.33. The van der Waals surface area contributed by atoms with E-state index >= 15 is 0 Å². The van der Waals surface area contributed by atoms with Crippen molar-refractivity contribution in [3.05, 3.63) is 11.9 Å². The Bertz CT molecular complexity index is 401. The molecule has 0 N–H and O–H groups in total. The summed E-state index contributed by atoms with van der Waals surface area (Å²) in [7, 11) is 0. The highest BCUT2D eigenvalue weighted by Gasteiger charge is 2.06. The minimum atomic E-state index is -0.116. The Morgan fingerprint density at radius 3 is 2.33 bits per heavy atom. The van der Waals surface area contributed by atoms with Crippen molar-refractivity contribution in [2.45, 2.75) is 26.3 Å². The molecule has 0 fully saturated rings. The quantitative estimate of drug-likeness (QED) is 0.280. The zero-order chi connectivity index (χ0) is 15.3. The number of carbonyl (C=O) groups excluding carboxylic acids is 1. The summed E-state index contributed by atoms with van der Waals surface area (Å²) < 4.78 is 17.6. The molecule has 120 valence electrons. The van der Waals surface area contributed by atoms with Crippen LogP contribution in [-0.2, 0) is 20.8 Å². The molecule has 0 aromatic carbocycles. The lowest BCUT2D eigenvalue weighted by molar-refractivity contribution is 0.0123. The Labute approximate surface area is 138 Å². The molecule has 1 heterocycles. The van der Waals surface area contributed by atoms with E-state index in [2.05, 4.69) is 17.2 Å². The highest BCUT2D eigenvalue weighted by atomic mass is 127. The van der Waals surface area contributed by atoms with Gasteiger partial charge in [-0.1, -0.05) is 18.6 Å². The molecular formula is C13H22IN3O4. The van der Waals surface area contributed by atoms with Crippen LogP contribution >= 0.6 is 22.6 Å². The Morgan fingerprint density at radius 2 is 1.76 bits per heavy atom. The predicted octanol–water partition coefficient (Wildman–Crippen LogP) is 1.70. The molecule has 0 saturated carbocycles. The van der Waals surface area contributed by atoms with Crippen LogP contribution in [0.25, 0.3) is 0 Å². The van der Waals surface area contributed by atoms with E-state index in [9.17, 15) is 4.79 Å². The predicted molar refractivity (Wildman–Crippen MR) is 85.7 cm³/mol. The molecule has 0 unspecified atom stereocenters. The van der Waals surface area contributed by atoms with Crippen molar-refractivity contribution in [1.82, 2.24) is 15.0 Å². The Morgan fingerprint density at radius 1 is 1.14 bits per heavy atom. The van der Waals surface area contributed by atoms with Crippen molar-refractivity contribution in [1.29, 1.82) is 0 Å². The standard InChI is InChI=1S/C13H22IN3O4/c1-2-3-5-19-7-9-21-10-8-20-6-4-17-11-12(13(14)18)15-16-17/h11H,2-10H2,1H3. The molecule has 0 spiro atoms. The highest BCUT2D eigenvalue weighted by molar-refractivity contribution is 14.1. The summed E-state index contributed by atoms with van der Waals surface area (Å²) in [6.45, 7) is 6.32. The van der Waals surface area contributed by atoms with Crippen LogP contribution in [-0.4, -0.2) is 58.4 Å². The molecule has 0 aliphatic rings. The maximum Gasteiger partial charge on any atom is 0.244 e. The molecule has 0 atom stereocenters. The Balaban J connectivity index is 1.89. The van der Waals surface area contributed by atoms with Gasteiger partial charge in [0.25, 0.3) is 0 Å². The first-order valence-electron chi connectivity index (χ1n) is 7.07. The van der Waals surface area contributed by atoms with Gasteiger partial charge in [0.1, 0.15) is 0 Å². The van der Waals surface area contributed by atoms with Gasteiger partial charge in [-0.05, 0) is 6.42 Å². The molecule has 21 heavy (non-hydrogen) atoms. The SMILES string of the molecule is CCCCOCCOCCOCCn1cc(C(=O)I)nn1. The number of ether oxygens (including phenoxy) is 3. The average molecular weight is 411 g/mol. The zero-order valence-electron chi connectivity index (χ0n) is 12.3. The van der Waals surface area contributed by atoms with E-state index in [0.29, 0.717) is 45.3 Å². The number of hydrogen-bond donors (Lipinski definition) is 0. The number of hydrogen-bond acceptors (Lipinski definition) is 6. The third kappa shape index (κ3) is 9.12. The molecule has 0 aliphatic heterocycles. The van der Waals surface area contributed by atoms with Gasteiger partial charge in [0.05, 0.1) is 45.8 Å². The summed E-state index contributed by atoms with van der Waals surface area (Å²) >= 11 is 1.68. The van der Waals surface area contributed by atoms with Gasteiger partial charge in [-0.3, -0.25) is 4.79 Å². The molecule has 0 radical (unpaired) electrons. The monoisotopic (exact) mass is 411 g/mol. The first kappa shape index (κ1) is 18.5. The molecule has 0 aliphatic carbocycles. The lowest BCUT2D eigenvalue weighted by atomic mass is 10.4. The third-order valence-electron chi connectivity index (χ3n) is 2.59. The van der Waals surface area contributed by atoms with Crippen molar-refractivity contribution >= 4 is 26.4 Å². The van der Waals surface area contributed by atoms with E-state index < -0.39 is 0 Å². The van der Waals surface area contributed by atoms with Crippen molar-refractivity contribution in [2.75, 3.05) is 39.6 Å². The van der Waals surface area contributed by atoms with Crippen LogP contribution in [0.1, 0.15) is 30.3 Å². The first-order valence-corrected chi connectivity index (χ1v) is 8.15. The number of carbonyl (C=O) groups is 1. The summed E-state index contributed by atoms with van der Waals surface area (Å²) in [5.41, 5.74) is 0.363. The molecule has 0 bridgehead atoms. The average Bonchev–Trinajstić information content (AvgIpc) is 2.94. The van der Waals surface area contributed by atoms with E-state index in [1.54, 1.807) is 33.5 Å². The summed E-state index contributed by atoms with van der Waals surface area (Å²) in [6, 6.07) is 0. The smallest absolute Gasteiger partial charge is 0.244 e. The van der Waals surface area contributed by atoms with Gasteiger partial charge in [0.15, 0.2) is 5.69 Å². The van der Waals surface area contributed by atoms with E-state index in [1.807, 2.05) is 0 Å². The molecule has 1 aromatic heterocycles. The lowest BCUT2D eigenvalue weighted by Crippen LogP contribution is -2.12. The fourth-order valence-corrected chi connectivity index (χ4v) is 1.69. The Kier molecular flexibility index (Phi) is 10.6. The number of halogens is 1. The van der Waals surface area contributed by atoms with Crippen molar-refractivity contribution in [3.8, 4) is 0 Å². The highest BCUT2D eigenvalue weighted by Crippen LogP contribution is 2.00. The van der Waals surface area contributed by atoms with Crippen LogP contribution < -0.4 is 0 Å². The van der Waals surface area contributed by atoms with Crippen molar-refractivity contribution < 1.29 is 19.0 Å².